The van der Waals surface area contributed by atoms with Gasteiger partial charge in [0, 0.05) is 5.56 Å². The second kappa shape index (κ2) is 4.62. The lowest BCUT2D eigenvalue weighted by molar-refractivity contribution is -0.107. The summed E-state index contributed by atoms with van der Waals surface area (Å²) in [4.78, 5) is 28.7. The molecule has 0 fully saturated rings. The zero-order valence-corrected chi connectivity index (χ0v) is 9.28. The van der Waals surface area contributed by atoms with Crippen molar-refractivity contribution in [3.05, 3.63) is 39.9 Å². The molecule has 0 unspecified atom stereocenters. The highest BCUT2D eigenvalue weighted by atomic mass is 16.1. The van der Waals surface area contributed by atoms with Crippen LogP contribution in [0, 0.1) is 18.8 Å². The molecule has 0 radical (unpaired) electrons. The SMILES string of the molecule is Cc1nc2ccc(C#CCC=O)cc2c(=O)[nH]1. The largest absolute Gasteiger partial charge is 0.310 e. The Hall–Kier alpha value is -2.41. The topological polar surface area (TPSA) is 62.8 Å². The van der Waals surface area contributed by atoms with Gasteiger partial charge in [-0.2, -0.15) is 0 Å². The molecular formula is C13H10N2O2. The number of nitrogens with one attached hydrogen (secondary N) is 1. The molecule has 2 aromatic rings. The van der Waals surface area contributed by atoms with Gasteiger partial charge in [0.25, 0.3) is 5.56 Å². The summed E-state index contributed by atoms with van der Waals surface area (Å²) in [5.74, 6) is 6.10. The maximum Gasteiger partial charge on any atom is 0.258 e. The molecule has 1 N–H and O–H groups in total. The Morgan fingerprint density at radius 2 is 2.29 bits per heavy atom. The van der Waals surface area contributed by atoms with Crippen LogP contribution in [-0.4, -0.2) is 16.3 Å². The Labute approximate surface area is 97.7 Å². The first kappa shape index (κ1) is 11.1. The quantitative estimate of drug-likeness (QED) is 0.586. The van der Waals surface area contributed by atoms with Gasteiger partial charge < -0.3 is 9.78 Å². The summed E-state index contributed by atoms with van der Waals surface area (Å²) in [6.07, 6.45) is 0.937. The monoisotopic (exact) mass is 226 g/mol. The molecule has 0 bridgehead atoms. The van der Waals surface area contributed by atoms with Crippen molar-refractivity contribution in [3.8, 4) is 11.8 Å². The van der Waals surface area contributed by atoms with Crippen molar-refractivity contribution in [3.63, 3.8) is 0 Å². The van der Waals surface area contributed by atoms with Gasteiger partial charge in [0.05, 0.1) is 17.3 Å². The van der Waals surface area contributed by atoms with Crippen LogP contribution in [0.5, 0.6) is 0 Å². The van der Waals surface area contributed by atoms with Gasteiger partial charge in [-0.3, -0.25) is 4.79 Å². The highest BCUT2D eigenvalue weighted by Gasteiger charge is 2.01. The molecule has 0 aliphatic carbocycles. The Kier molecular flexibility index (Phi) is 3.01. The number of rotatable bonds is 1. The van der Waals surface area contributed by atoms with Crippen LogP contribution in [0.3, 0.4) is 0 Å². The zero-order chi connectivity index (χ0) is 12.3. The van der Waals surface area contributed by atoms with Gasteiger partial charge in [0.2, 0.25) is 0 Å². The minimum Gasteiger partial charge on any atom is -0.310 e. The number of carbonyl (C=O) groups is 1. The molecule has 1 aromatic carbocycles. The first-order valence-electron chi connectivity index (χ1n) is 5.14. The molecule has 0 aliphatic heterocycles. The molecule has 0 aliphatic rings. The number of aryl methyl sites for hydroxylation is 1. The Bertz CT molecular complexity index is 690. The van der Waals surface area contributed by atoms with Crippen LogP contribution >= 0.6 is 0 Å². The first-order chi connectivity index (χ1) is 8.20. The van der Waals surface area contributed by atoms with Crippen molar-refractivity contribution in [2.75, 3.05) is 0 Å². The maximum atomic E-state index is 11.7. The van der Waals surface area contributed by atoms with E-state index in [-0.39, 0.29) is 12.0 Å². The first-order valence-corrected chi connectivity index (χ1v) is 5.14. The van der Waals surface area contributed by atoms with Crippen LogP contribution in [0.4, 0.5) is 0 Å². The second-order valence-corrected chi connectivity index (χ2v) is 3.56. The van der Waals surface area contributed by atoms with Crippen molar-refractivity contribution in [1.29, 1.82) is 0 Å². The van der Waals surface area contributed by atoms with Crippen molar-refractivity contribution >= 4 is 17.2 Å². The number of hydrogen-bond donors (Lipinski definition) is 1. The predicted molar refractivity (Wildman–Crippen MR) is 64.7 cm³/mol. The molecule has 4 nitrogen and oxygen atoms in total. The molecule has 0 spiro atoms. The second-order valence-electron chi connectivity index (χ2n) is 3.56. The minimum atomic E-state index is -0.175. The third kappa shape index (κ3) is 2.40. The maximum absolute atomic E-state index is 11.7. The summed E-state index contributed by atoms with van der Waals surface area (Å²) >= 11 is 0. The predicted octanol–water partition coefficient (Wildman–Crippen LogP) is 1.17. The normalized spacial score (nSPS) is 9.71. The van der Waals surface area contributed by atoms with E-state index < -0.39 is 0 Å². The van der Waals surface area contributed by atoms with Crippen LogP contribution in [0.2, 0.25) is 0 Å². The van der Waals surface area contributed by atoms with Gasteiger partial charge in [-0.05, 0) is 25.1 Å². The van der Waals surface area contributed by atoms with E-state index in [1.54, 1.807) is 25.1 Å². The van der Waals surface area contributed by atoms with E-state index in [1.807, 2.05) is 0 Å². The number of hydrogen-bond acceptors (Lipinski definition) is 3. The lowest BCUT2D eigenvalue weighted by Crippen LogP contribution is -2.09. The zero-order valence-electron chi connectivity index (χ0n) is 9.28. The van der Waals surface area contributed by atoms with E-state index in [0.717, 1.165) is 6.29 Å². The molecule has 84 valence electrons. The van der Waals surface area contributed by atoms with Crippen molar-refractivity contribution in [2.24, 2.45) is 0 Å². The van der Waals surface area contributed by atoms with Crippen LogP contribution in [-0.2, 0) is 4.79 Å². The van der Waals surface area contributed by atoms with Gasteiger partial charge in [0.15, 0.2) is 0 Å². The molecular weight excluding hydrogens is 216 g/mol. The van der Waals surface area contributed by atoms with Crippen molar-refractivity contribution < 1.29 is 4.79 Å². The average molecular weight is 226 g/mol. The average Bonchev–Trinajstić information content (AvgIpc) is 2.30. The lowest BCUT2D eigenvalue weighted by atomic mass is 10.1. The van der Waals surface area contributed by atoms with E-state index in [0.29, 0.717) is 22.3 Å². The summed E-state index contributed by atoms with van der Waals surface area (Å²) in [5.41, 5.74) is 1.18. The number of aromatic amines is 1. The number of nitrogens with zero attached hydrogens (tertiary/aromatic N) is 1. The highest BCUT2D eigenvalue weighted by molar-refractivity contribution is 5.79. The summed E-state index contributed by atoms with van der Waals surface area (Å²) in [7, 11) is 0. The fraction of sp³-hybridized carbons (Fsp3) is 0.154. The van der Waals surface area contributed by atoms with Gasteiger partial charge in [0.1, 0.15) is 12.1 Å². The molecule has 2 rings (SSSR count). The van der Waals surface area contributed by atoms with Crippen LogP contribution in [0.25, 0.3) is 10.9 Å². The van der Waals surface area contributed by atoms with Gasteiger partial charge in [-0.1, -0.05) is 11.8 Å². The summed E-state index contributed by atoms with van der Waals surface area (Å²) < 4.78 is 0. The molecule has 1 heterocycles. The molecule has 0 amide bonds. The van der Waals surface area contributed by atoms with E-state index in [2.05, 4.69) is 21.8 Å². The molecule has 1 aromatic heterocycles. The highest BCUT2D eigenvalue weighted by Crippen LogP contribution is 2.09. The van der Waals surface area contributed by atoms with Gasteiger partial charge >= 0.3 is 0 Å². The van der Waals surface area contributed by atoms with E-state index in [1.165, 1.54) is 0 Å². The number of aromatic nitrogens is 2. The minimum absolute atomic E-state index is 0.175. The molecule has 4 heteroatoms. The number of H-pyrrole nitrogens is 1. The van der Waals surface area contributed by atoms with Gasteiger partial charge in [-0.15, -0.1) is 0 Å². The molecule has 0 saturated carbocycles. The fourth-order valence-corrected chi connectivity index (χ4v) is 1.53. The smallest absolute Gasteiger partial charge is 0.258 e. The number of aldehydes is 1. The van der Waals surface area contributed by atoms with Crippen molar-refractivity contribution in [2.45, 2.75) is 13.3 Å². The molecule has 17 heavy (non-hydrogen) atoms. The van der Waals surface area contributed by atoms with Crippen molar-refractivity contribution in [1.82, 2.24) is 9.97 Å². The number of benzene rings is 1. The third-order valence-electron chi connectivity index (χ3n) is 2.24. The Balaban J connectivity index is 2.55. The lowest BCUT2D eigenvalue weighted by Gasteiger charge is -1.98. The summed E-state index contributed by atoms with van der Waals surface area (Å²) in [6.45, 7) is 1.73. The summed E-state index contributed by atoms with van der Waals surface area (Å²) in [5, 5.41) is 0.508. The number of fused-ring (bicyclic) bond motifs is 1. The molecule has 0 atom stereocenters. The summed E-state index contributed by atoms with van der Waals surface area (Å²) in [6, 6.07) is 5.22. The standard InChI is InChI=1S/C13H10N2O2/c1-9-14-12-6-5-10(4-2-3-7-16)8-11(12)13(17)15-9/h5-8H,3H2,1H3,(H,14,15,17). The van der Waals surface area contributed by atoms with E-state index >= 15 is 0 Å². The Morgan fingerprint density at radius 3 is 3.06 bits per heavy atom. The van der Waals surface area contributed by atoms with E-state index in [4.69, 9.17) is 0 Å². The molecule has 0 saturated heterocycles. The van der Waals surface area contributed by atoms with E-state index in [9.17, 15) is 9.59 Å². The number of carbonyl (C=O) groups excluding carboxylic acids is 1. The van der Waals surface area contributed by atoms with Crippen LogP contribution in [0.15, 0.2) is 23.0 Å². The fourth-order valence-electron chi connectivity index (χ4n) is 1.53. The third-order valence-corrected chi connectivity index (χ3v) is 2.24. The van der Waals surface area contributed by atoms with Crippen LogP contribution < -0.4 is 5.56 Å². The van der Waals surface area contributed by atoms with Crippen LogP contribution in [0.1, 0.15) is 17.8 Å². The van der Waals surface area contributed by atoms with Gasteiger partial charge in [-0.25, -0.2) is 4.98 Å². The Morgan fingerprint density at radius 1 is 1.47 bits per heavy atom.